The number of hydrogen-bond donors (Lipinski definition) is 2. The van der Waals surface area contributed by atoms with Crippen LogP contribution in [0.4, 0.5) is 0 Å². The van der Waals surface area contributed by atoms with Crippen molar-refractivity contribution in [1.82, 2.24) is 5.32 Å². The maximum absolute atomic E-state index is 10.7. The highest BCUT2D eigenvalue weighted by Gasteiger charge is 2.20. The smallest absolute Gasteiger partial charge is 0.217 e. The summed E-state index contributed by atoms with van der Waals surface area (Å²) in [6.45, 7) is 4.29. The summed E-state index contributed by atoms with van der Waals surface area (Å²) in [4.78, 5) is 10.7. The Morgan fingerprint density at radius 3 is 3.00 bits per heavy atom. The highest BCUT2D eigenvalue weighted by molar-refractivity contribution is 5.73. The Bertz CT molecular complexity index is 153. The zero-order chi connectivity index (χ0) is 8.97. The quantitative estimate of drug-likeness (QED) is 0.648. The van der Waals surface area contributed by atoms with Gasteiger partial charge in [0.05, 0.1) is 0 Å². The number of nitrogens with two attached hydrogens (primary N) is 1. The van der Waals surface area contributed by atoms with Crippen LogP contribution in [-0.2, 0) is 4.79 Å². The number of hydrogen-bond acceptors (Lipinski definition) is 2. The van der Waals surface area contributed by atoms with Gasteiger partial charge in [0, 0.05) is 6.42 Å². The molecule has 0 spiro atoms. The van der Waals surface area contributed by atoms with E-state index in [1.54, 1.807) is 0 Å². The summed E-state index contributed by atoms with van der Waals surface area (Å²) in [7, 11) is 0. The zero-order valence-electron chi connectivity index (χ0n) is 7.68. The van der Waals surface area contributed by atoms with E-state index in [4.69, 9.17) is 5.73 Å². The van der Waals surface area contributed by atoms with Gasteiger partial charge in [0.25, 0.3) is 0 Å². The molecule has 1 fully saturated rings. The monoisotopic (exact) mass is 170 g/mol. The number of amides is 1. The molecular weight excluding hydrogens is 152 g/mol. The largest absolute Gasteiger partial charge is 0.370 e. The van der Waals surface area contributed by atoms with Gasteiger partial charge in [0.15, 0.2) is 0 Å². The lowest BCUT2D eigenvalue weighted by Gasteiger charge is -2.27. The molecular formula is C9H18N2O. The van der Waals surface area contributed by atoms with E-state index in [0.29, 0.717) is 18.3 Å². The summed E-state index contributed by atoms with van der Waals surface area (Å²) in [6.07, 6.45) is 3.00. The van der Waals surface area contributed by atoms with Crippen molar-refractivity contribution in [1.29, 1.82) is 0 Å². The number of carbonyl (C=O) groups is 1. The fourth-order valence-corrected chi connectivity index (χ4v) is 1.85. The lowest BCUT2D eigenvalue weighted by atomic mass is 9.85. The summed E-state index contributed by atoms with van der Waals surface area (Å²) < 4.78 is 0. The molecule has 0 aromatic heterocycles. The molecule has 0 unspecified atom stereocenters. The highest BCUT2D eigenvalue weighted by Crippen LogP contribution is 2.21. The van der Waals surface area contributed by atoms with Gasteiger partial charge in [-0.15, -0.1) is 0 Å². The van der Waals surface area contributed by atoms with Crippen molar-refractivity contribution < 1.29 is 4.79 Å². The average Bonchev–Trinajstić information content (AvgIpc) is 2.05. The fraction of sp³-hybridized carbons (Fsp3) is 0.889. The molecule has 1 heterocycles. The minimum atomic E-state index is -0.173. The molecule has 0 aromatic carbocycles. The molecule has 3 N–H and O–H groups in total. The number of primary amides is 1. The molecule has 70 valence electrons. The molecule has 2 atom stereocenters. The van der Waals surface area contributed by atoms with Crippen LogP contribution in [0, 0.1) is 11.8 Å². The van der Waals surface area contributed by atoms with Gasteiger partial charge in [-0.25, -0.2) is 0 Å². The molecule has 1 aliphatic rings. The third-order valence-corrected chi connectivity index (χ3v) is 2.66. The normalized spacial score (nSPS) is 26.6. The Hall–Kier alpha value is -0.570. The van der Waals surface area contributed by atoms with E-state index in [-0.39, 0.29) is 5.91 Å². The highest BCUT2D eigenvalue weighted by atomic mass is 16.1. The van der Waals surface area contributed by atoms with Crippen LogP contribution in [0.25, 0.3) is 0 Å². The lowest BCUT2D eigenvalue weighted by molar-refractivity contribution is -0.119. The molecule has 0 bridgehead atoms. The average molecular weight is 170 g/mol. The Balaban J connectivity index is 2.29. The number of nitrogens with one attached hydrogen (secondary N) is 1. The first-order valence-electron chi connectivity index (χ1n) is 4.69. The van der Waals surface area contributed by atoms with Crippen molar-refractivity contribution in [3.63, 3.8) is 0 Å². The van der Waals surface area contributed by atoms with Crippen molar-refractivity contribution in [2.24, 2.45) is 17.6 Å². The molecule has 1 rings (SSSR count). The van der Waals surface area contributed by atoms with E-state index in [0.717, 1.165) is 13.1 Å². The molecule has 3 heteroatoms. The minimum absolute atomic E-state index is 0.173. The lowest BCUT2D eigenvalue weighted by Crippen LogP contribution is -2.34. The molecule has 0 saturated carbocycles. The van der Waals surface area contributed by atoms with Crippen LogP contribution >= 0.6 is 0 Å². The third kappa shape index (κ3) is 2.81. The van der Waals surface area contributed by atoms with E-state index in [2.05, 4.69) is 12.2 Å². The van der Waals surface area contributed by atoms with Gasteiger partial charge in [-0.3, -0.25) is 4.79 Å². The van der Waals surface area contributed by atoms with E-state index < -0.39 is 0 Å². The van der Waals surface area contributed by atoms with Crippen molar-refractivity contribution in [3.05, 3.63) is 0 Å². The molecule has 0 aliphatic carbocycles. The molecule has 0 radical (unpaired) electrons. The van der Waals surface area contributed by atoms with Crippen LogP contribution in [0.1, 0.15) is 26.2 Å². The maximum Gasteiger partial charge on any atom is 0.217 e. The van der Waals surface area contributed by atoms with Crippen molar-refractivity contribution in [2.45, 2.75) is 26.2 Å². The van der Waals surface area contributed by atoms with Gasteiger partial charge in [-0.05, 0) is 37.8 Å². The Labute approximate surface area is 73.7 Å². The van der Waals surface area contributed by atoms with E-state index >= 15 is 0 Å². The molecule has 0 aromatic rings. The Kier molecular flexibility index (Phi) is 3.53. The molecule has 1 amide bonds. The Morgan fingerprint density at radius 2 is 2.50 bits per heavy atom. The van der Waals surface area contributed by atoms with Gasteiger partial charge in [0.2, 0.25) is 5.91 Å². The van der Waals surface area contributed by atoms with Gasteiger partial charge in [0.1, 0.15) is 0 Å². The number of carbonyl (C=O) groups excluding carboxylic acids is 1. The van der Waals surface area contributed by atoms with Crippen molar-refractivity contribution in [2.75, 3.05) is 13.1 Å². The van der Waals surface area contributed by atoms with E-state index in [1.165, 1.54) is 12.8 Å². The van der Waals surface area contributed by atoms with Crippen LogP contribution in [0.5, 0.6) is 0 Å². The predicted molar refractivity (Wildman–Crippen MR) is 48.6 cm³/mol. The van der Waals surface area contributed by atoms with Crippen LogP contribution in [0.3, 0.4) is 0 Å². The number of rotatable bonds is 3. The fourth-order valence-electron chi connectivity index (χ4n) is 1.85. The van der Waals surface area contributed by atoms with Gasteiger partial charge < -0.3 is 11.1 Å². The Morgan fingerprint density at radius 1 is 1.75 bits per heavy atom. The second-order valence-corrected chi connectivity index (χ2v) is 3.75. The first-order valence-corrected chi connectivity index (χ1v) is 4.69. The first-order chi connectivity index (χ1) is 5.70. The van der Waals surface area contributed by atoms with Gasteiger partial charge >= 0.3 is 0 Å². The SMILES string of the molecule is C[C@H](CC(N)=O)[C@@H]1CCCNC1. The van der Waals surface area contributed by atoms with Crippen molar-refractivity contribution >= 4 is 5.91 Å². The van der Waals surface area contributed by atoms with Crippen molar-refractivity contribution in [3.8, 4) is 0 Å². The third-order valence-electron chi connectivity index (χ3n) is 2.66. The first kappa shape index (κ1) is 9.52. The van der Waals surface area contributed by atoms with E-state index in [1.807, 2.05) is 0 Å². The van der Waals surface area contributed by atoms with Gasteiger partial charge in [-0.1, -0.05) is 6.92 Å². The molecule has 1 aliphatic heterocycles. The molecule has 1 saturated heterocycles. The van der Waals surface area contributed by atoms with Crippen LogP contribution in [-0.4, -0.2) is 19.0 Å². The minimum Gasteiger partial charge on any atom is -0.370 e. The van der Waals surface area contributed by atoms with Gasteiger partial charge in [-0.2, -0.15) is 0 Å². The van der Waals surface area contributed by atoms with Crippen LogP contribution in [0.2, 0.25) is 0 Å². The predicted octanol–water partition coefficient (Wildman–Crippen LogP) is 0.498. The maximum atomic E-state index is 10.7. The summed E-state index contributed by atoms with van der Waals surface area (Å²) in [5.74, 6) is 0.912. The summed E-state index contributed by atoms with van der Waals surface area (Å²) in [6, 6.07) is 0. The van der Waals surface area contributed by atoms with Crippen LogP contribution in [0.15, 0.2) is 0 Å². The summed E-state index contributed by atoms with van der Waals surface area (Å²) in [5.41, 5.74) is 5.14. The second-order valence-electron chi connectivity index (χ2n) is 3.75. The molecule has 12 heavy (non-hydrogen) atoms. The zero-order valence-corrected chi connectivity index (χ0v) is 7.68. The topological polar surface area (TPSA) is 55.1 Å². The number of piperidine rings is 1. The van der Waals surface area contributed by atoms with Crippen LogP contribution < -0.4 is 11.1 Å². The standard InChI is InChI=1S/C9H18N2O/c1-7(5-9(10)12)8-3-2-4-11-6-8/h7-8,11H,2-6H2,1H3,(H2,10,12)/t7-,8-/m1/s1. The summed E-state index contributed by atoms with van der Waals surface area (Å²) >= 11 is 0. The van der Waals surface area contributed by atoms with E-state index in [9.17, 15) is 4.79 Å². The summed E-state index contributed by atoms with van der Waals surface area (Å²) in [5, 5.41) is 3.34. The second kappa shape index (κ2) is 4.45. The molecule has 3 nitrogen and oxygen atoms in total.